The summed E-state index contributed by atoms with van der Waals surface area (Å²) in [5, 5.41) is 4.49. The summed E-state index contributed by atoms with van der Waals surface area (Å²) in [4.78, 5) is 4.24. The quantitative estimate of drug-likeness (QED) is 0.765. The lowest BCUT2D eigenvalue weighted by atomic mass is 10.2. The van der Waals surface area contributed by atoms with E-state index in [1.165, 1.54) is 0 Å². The van der Waals surface area contributed by atoms with Crippen molar-refractivity contribution in [3.05, 3.63) is 53.9 Å². The number of hydrogen-bond acceptors (Lipinski definition) is 4. The molecule has 0 aliphatic rings. The fourth-order valence-electron chi connectivity index (χ4n) is 2.15. The fourth-order valence-corrected chi connectivity index (χ4v) is 2.15. The van der Waals surface area contributed by atoms with Crippen molar-refractivity contribution in [1.29, 1.82) is 0 Å². The zero-order chi connectivity index (χ0) is 13.9. The number of oxazole rings is 1. The maximum Gasteiger partial charge on any atom is 0.208 e. The molecule has 1 N–H and O–H groups in total. The van der Waals surface area contributed by atoms with Crippen LogP contribution in [0, 0.1) is 0 Å². The Balaban J connectivity index is 1.67. The second-order valence-electron chi connectivity index (χ2n) is 4.86. The van der Waals surface area contributed by atoms with Crippen molar-refractivity contribution >= 4 is 11.0 Å². The molecule has 104 valence electrons. The lowest BCUT2D eigenvalue weighted by Gasteiger charge is -2.08. The number of aromatic nitrogens is 1. The second-order valence-corrected chi connectivity index (χ2v) is 4.86. The molecule has 0 spiro atoms. The van der Waals surface area contributed by atoms with Gasteiger partial charge in [0.2, 0.25) is 5.89 Å². The van der Waals surface area contributed by atoms with Gasteiger partial charge in [0, 0.05) is 11.8 Å². The van der Waals surface area contributed by atoms with E-state index in [4.69, 9.17) is 8.83 Å². The van der Waals surface area contributed by atoms with Crippen LogP contribution in [0.2, 0.25) is 0 Å². The molecule has 0 amide bonds. The van der Waals surface area contributed by atoms with Crippen molar-refractivity contribution in [3.8, 4) is 0 Å². The standard InChI is InChI=1S/C16H18N2O2/c1-3-13-9-18-16(19-13)10-17-11(2)15-8-12-6-4-5-7-14(12)20-15/h4-9,11,17H,3,10H2,1-2H3. The molecule has 0 radical (unpaired) electrons. The van der Waals surface area contributed by atoms with E-state index in [0.717, 1.165) is 28.9 Å². The third kappa shape index (κ3) is 2.60. The summed E-state index contributed by atoms with van der Waals surface area (Å²) in [7, 11) is 0. The van der Waals surface area contributed by atoms with Gasteiger partial charge < -0.3 is 8.83 Å². The first kappa shape index (κ1) is 12.9. The molecule has 3 rings (SSSR count). The largest absolute Gasteiger partial charge is 0.459 e. The Labute approximate surface area is 117 Å². The number of hydrogen-bond donors (Lipinski definition) is 1. The van der Waals surface area contributed by atoms with Crippen LogP contribution in [-0.4, -0.2) is 4.98 Å². The Kier molecular flexibility index (Phi) is 3.56. The van der Waals surface area contributed by atoms with Crippen LogP contribution in [0.3, 0.4) is 0 Å². The summed E-state index contributed by atoms with van der Waals surface area (Å²) in [6.45, 7) is 4.72. The highest BCUT2D eigenvalue weighted by atomic mass is 16.4. The Morgan fingerprint density at radius 2 is 2.10 bits per heavy atom. The minimum Gasteiger partial charge on any atom is -0.459 e. The highest BCUT2D eigenvalue weighted by Crippen LogP contribution is 2.23. The average Bonchev–Trinajstić information content (AvgIpc) is 3.10. The van der Waals surface area contributed by atoms with Crippen molar-refractivity contribution in [2.45, 2.75) is 32.9 Å². The van der Waals surface area contributed by atoms with Crippen LogP contribution in [0.4, 0.5) is 0 Å². The van der Waals surface area contributed by atoms with Crippen LogP contribution in [0.25, 0.3) is 11.0 Å². The highest BCUT2D eigenvalue weighted by Gasteiger charge is 2.12. The van der Waals surface area contributed by atoms with Gasteiger partial charge in [-0.25, -0.2) is 4.98 Å². The average molecular weight is 270 g/mol. The monoisotopic (exact) mass is 270 g/mol. The molecule has 1 atom stereocenters. The van der Waals surface area contributed by atoms with E-state index in [-0.39, 0.29) is 6.04 Å². The molecular weight excluding hydrogens is 252 g/mol. The van der Waals surface area contributed by atoms with Crippen LogP contribution in [0.1, 0.15) is 37.3 Å². The maximum atomic E-state index is 5.83. The van der Waals surface area contributed by atoms with E-state index in [1.807, 2.05) is 18.2 Å². The molecule has 4 nitrogen and oxygen atoms in total. The third-order valence-corrected chi connectivity index (χ3v) is 3.38. The van der Waals surface area contributed by atoms with Gasteiger partial charge in [-0.3, -0.25) is 5.32 Å². The van der Waals surface area contributed by atoms with E-state index in [2.05, 4.69) is 36.3 Å². The summed E-state index contributed by atoms with van der Waals surface area (Å²) in [6, 6.07) is 10.2. The number of fused-ring (bicyclic) bond motifs is 1. The Morgan fingerprint density at radius 3 is 2.85 bits per heavy atom. The molecular formula is C16H18N2O2. The Hall–Kier alpha value is -2.07. The molecule has 0 bridgehead atoms. The molecule has 0 fully saturated rings. The van der Waals surface area contributed by atoms with Crippen molar-refractivity contribution < 1.29 is 8.83 Å². The second kappa shape index (κ2) is 5.51. The first-order chi connectivity index (χ1) is 9.76. The van der Waals surface area contributed by atoms with Crippen molar-refractivity contribution in [2.75, 3.05) is 0 Å². The number of rotatable bonds is 5. The highest BCUT2D eigenvalue weighted by molar-refractivity contribution is 5.77. The van der Waals surface area contributed by atoms with Crippen LogP contribution in [0.15, 0.2) is 45.4 Å². The molecule has 3 aromatic rings. The number of benzene rings is 1. The molecule has 2 heterocycles. The van der Waals surface area contributed by atoms with E-state index in [1.54, 1.807) is 6.20 Å². The van der Waals surface area contributed by atoms with Crippen molar-refractivity contribution in [2.24, 2.45) is 0 Å². The Morgan fingerprint density at radius 1 is 1.25 bits per heavy atom. The van der Waals surface area contributed by atoms with E-state index in [9.17, 15) is 0 Å². The molecule has 1 aromatic carbocycles. The summed E-state index contributed by atoms with van der Waals surface area (Å²) in [5.41, 5.74) is 0.917. The molecule has 0 aliphatic carbocycles. The number of furan rings is 1. The molecule has 0 saturated heterocycles. The Bertz CT molecular complexity index is 666. The van der Waals surface area contributed by atoms with Crippen LogP contribution in [-0.2, 0) is 13.0 Å². The van der Waals surface area contributed by atoms with E-state index < -0.39 is 0 Å². The number of para-hydroxylation sites is 1. The van der Waals surface area contributed by atoms with Crippen molar-refractivity contribution in [1.82, 2.24) is 10.3 Å². The molecule has 1 unspecified atom stereocenters. The number of aryl methyl sites for hydroxylation is 1. The van der Waals surface area contributed by atoms with Gasteiger partial charge in [0.05, 0.1) is 18.8 Å². The minimum absolute atomic E-state index is 0.111. The molecule has 4 heteroatoms. The van der Waals surface area contributed by atoms with Gasteiger partial charge in [-0.1, -0.05) is 25.1 Å². The smallest absolute Gasteiger partial charge is 0.208 e. The zero-order valence-electron chi connectivity index (χ0n) is 11.7. The van der Waals surface area contributed by atoms with Gasteiger partial charge >= 0.3 is 0 Å². The summed E-state index contributed by atoms with van der Waals surface area (Å²) < 4.78 is 11.4. The molecule has 2 aromatic heterocycles. The maximum absolute atomic E-state index is 5.83. The lowest BCUT2D eigenvalue weighted by molar-refractivity contribution is 0.399. The minimum atomic E-state index is 0.111. The molecule has 0 saturated carbocycles. The summed E-state index contributed by atoms with van der Waals surface area (Å²) in [5.74, 6) is 2.55. The van der Waals surface area contributed by atoms with Gasteiger partial charge in [-0.05, 0) is 19.1 Å². The topological polar surface area (TPSA) is 51.2 Å². The first-order valence-electron chi connectivity index (χ1n) is 6.91. The van der Waals surface area contributed by atoms with E-state index in [0.29, 0.717) is 12.4 Å². The van der Waals surface area contributed by atoms with Gasteiger partial charge in [0.1, 0.15) is 17.1 Å². The first-order valence-corrected chi connectivity index (χ1v) is 6.91. The van der Waals surface area contributed by atoms with Crippen LogP contribution < -0.4 is 5.32 Å². The van der Waals surface area contributed by atoms with Crippen molar-refractivity contribution in [3.63, 3.8) is 0 Å². The van der Waals surface area contributed by atoms with E-state index >= 15 is 0 Å². The van der Waals surface area contributed by atoms with Crippen LogP contribution >= 0.6 is 0 Å². The predicted octanol–water partition coefficient (Wildman–Crippen LogP) is 3.83. The third-order valence-electron chi connectivity index (χ3n) is 3.38. The number of nitrogens with one attached hydrogen (secondary N) is 1. The predicted molar refractivity (Wildman–Crippen MR) is 77.3 cm³/mol. The summed E-state index contributed by atoms with van der Waals surface area (Å²) in [6.07, 6.45) is 2.65. The fraction of sp³-hybridized carbons (Fsp3) is 0.312. The summed E-state index contributed by atoms with van der Waals surface area (Å²) >= 11 is 0. The normalized spacial score (nSPS) is 12.9. The van der Waals surface area contributed by atoms with Gasteiger partial charge in [0.25, 0.3) is 0 Å². The zero-order valence-corrected chi connectivity index (χ0v) is 11.7. The SMILES string of the molecule is CCc1cnc(CNC(C)c2cc3ccccc3o2)o1. The number of nitrogens with zero attached hydrogens (tertiary/aromatic N) is 1. The molecule has 20 heavy (non-hydrogen) atoms. The van der Waals surface area contributed by atoms with Crippen LogP contribution in [0.5, 0.6) is 0 Å². The van der Waals surface area contributed by atoms with Gasteiger partial charge in [-0.2, -0.15) is 0 Å². The van der Waals surface area contributed by atoms with Gasteiger partial charge in [0.15, 0.2) is 0 Å². The lowest BCUT2D eigenvalue weighted by Crippen LogP contribution is -2.17. The van der Waals surface area contributed by atoms with Gasteiger partial charge in [-0.15, -0.1) is 0 Å². The molecule has 0 aliphatic heterocycles.